The van der Waals surface area contributed by atoms with Gasteiger partial charge in [-0.15, -0.1) is 0 Å². The summed E-state index contributed by atoms with van der Waals surface area (Å²) in [6.45, 7) is -8.01. The van der Waals surface area contributed by atoms with Crippen LogP contribution >= 0.6 is 13.4 Å². The van der Waals surface area contributed by atoms with Gasteiger partial charge in [0, 0.05) is 0 Å². The van der Waals surface area contributed by atoms with Crippen LogP contribution in [0.3, 0.4) is 0 Å². The van der Waals surface area contributed by atoms with Crippen LogP contribution in [0.15, 0.2) is 23.8 Å². The Morgan fingerprint density at radius 1 is 0.956 bits per heavy atom. The van der Waals surface area contributed by atoms with Crippen molar-refractivity contribution in [2.45, 2.75) is 56.1 Å². The molecule has 19 nitrogen and oxygen atoms in total. The first-order chi connectivity index (χ1) is 21.3. The standard InChI is InChI=1S/C21H24FN9O10P2S2/c1-7-28-18-12(19(33)29-7)27-6-31(18)20-10(22)14-8(38-20)2-36-43(35,45)41-15-9(3-37-42(34,44)40-14)39-21(13(15)32)30-5-26-11-16(23)24-4-25-17(11)30/h4-6,8-10,13-15,20-21,32H,2-3H2,1H3,(H,34,44)(H,35,45)(H2,23,24,25)(H,28,29,33)/t8-,9-,10-,13-,14-,15-,20-,21-,42?,43?/m1/s1. The maximum atomic E-state index is 16.1. The molecule has 0 amide bonds. The van der Waals surface area contributed by atoms with E-state index in [-0.39, 0.29) is 34.0 Å². The van der Waals surface area contributed by atoms with Crippen molar-refractivity contribution in [1.29, 1.82) is 0 Å². The lowest BCUT2D eigenvalue weighted by Crippen LogP contribution is -2.38. The third kappa shape index (κ3) is 5.63. The summed E-state index contributed by atoms with van der Waals surface area (Å²) in [6.07, 6.45) is -8.00. The van der Waals surface area contributed by atoms with Gasteiger partial charge < -0.3 is 44.1 Å². The minimum Gasteiger partial charge on any atom is -0.386 e. The largest absolute Gasteiger partial charge is 0.386 e. The number of imidazole rings is 2. The van der Waals surface area contributed by atoms with Crippen molar-refractivity contribution in [3.05, 3.63) is 35.2 Å². The highest BCUT2D eigenvalue weighted by Crippen LogP contribution is 2.54. The number of fused-ring (bicyclic) bond motifs is 4. The number of nitrogens with one attached hydrogen (secondary N) is 1. The first kappa shape index (κ1) is 31.2. The van der Waals surface area contributed by atoms with Crippen molar-refractivity contribution in [2.75, 3.05) is 18.9 Å². The molecule has 10 atom stereocenters. The Morgan fingerprint density at radius 2 is 1.56 bits per heavy atom. The van der Waals surface area contributed by atoms with Gasteiger partial charge in [-0.25, -0.2) is 29.3 Å². The van der Waals surface area contributed by atoms with E-state index in [0.717, 1.165) is 0 Å². The number of aliphatic hydroxyl groups excluding tert-OH is 1. The van der Waals surface area contributed by atoms with Crippen molar-refractivity contribution in [3.8, 4) is 0 Å². The summed E-state index contributed by atoms with van der Waals surface area (Å²) in [6, 6.07) is 0. The zero-order chi connectivity index (χ0) is 31.8. The fourth-order valence-electron chi connectivity index (χ4n) is 5.37. The fraction of sp³-hybridized carbons (Fsp3) is 0.524. The molecule has 4 aromatic rings. The molecule has 2 unspecified atom stereocenters. The van der Waals surface area contributed by atoms with Crippen LogP contribution in [0.2, 0.25) is 0 Å². The number of aliphatic hydroxyl groups is 1. The van der Waals surface area contributed by atoms with Gasteiger partial charge in [0.25, 0.3) is 5.56 Å². The number of hydrogen-bond acceptors (Lipinski definition) is 16. The predicted octanol–water partition coefficient (Wildman–Crippen LogP) is -0.405. The molecule has 3 saturated heterocycles. The van der Waals surface area contributed by atoms with Crippen LogP contribution in [-0.2, 0) is 51.2 Å². The Bertz CT molecular complexity index is 1950. The second kappa shape index (κ2) is 11.4. The lowest BCUT2D eigenvalue weighted by molar-refractivity contribution is -0.0589. The van der Waals surface area contributed by atoms with Gasteiger partial charge in [-0.05, 0) is 30.5 Å². The number of hydrogen-bond donors (Lipinski definition) is 5. The van der Waals surface area contributed by atoms with E-state index in [1.54, 1.807) is 0 Å². The highest BCUT2D eigenvalue weighted by Gasteiger charge is 2.53. The maximum absolute atomic E-state index is 16.1. The summed E-state index contributed by atoms with van der Waals surface area (Å²) in [5, 5.41) is 11.3. The van der Waals surface area contributed by atoms with Crippen molar-refractivity contribution in [1.82, 2.24) is 39.0 Å². The van der Waals surface area contributed by atoms with Crippen LogP contribution in [0.1, 0.15) is 18.3 Å². The zero-order valence-electron chi connectivity index (χ0n) is 22.8. The molecule has 0 saturated carbocycles. The summed E-state index contributed by atoms with van der Waals surface area (Å²) in [4.78, 5) is 57.2. The predicted molar refractivity (Wildman–Crippen MR) is 156 cm³/mol. The Balaban J connectivity index is 1.17. The molecule has 0 spiro atoms. The lowest BCUT2D eigenvalue weighted by Gasteiger charge is -2.30. The number of ether oxygens (including phenoxy) is 2. The van der Waals surface area contributed by atoms with E-state index in [0.29, 0.717) is 0 Å². The van der Waals surface area contributed by atoms with Gasteiger partial charge in [0.05, 0.1) is 25.9 Å². The van der Waals surface area contributed by atoms with Crippen molar-refractivity contribution < 1.29 is 46.9 Å². The van der Waals surface area contributed by atoms with Crippen molar-refractivity contribution >= 4 is 65.2 Å². The Labute approximate surface area is 260 Å². The quantitative estimate of drug-likeness (QED) is 0.166. The Morgan fingerprint density at radius 3 is 2.27 bits per heavy atom. The molecular formula is C21H24FN9O10P2S2. The number of nitrogens with two attached hydrogens (primary N) is 1. The minimum absolute atomic E-state index is 0.0331. The summed E-state index contributed by atoms with van der Waals surface area (Å²) in [7, 11) is 0. The van der Waals surface area contributed by atoms with E-state index in [9.17, 15) is 19.7 Å². The van der Waals surface area contributed by atoms with E-state index in [1.807, 2.05) is 0 Å². The summed E-state index contributed by atoms with van der Waals surface area (Å²) >= 11 is 10.4. The molecule has 0 aromatic carbocycles. The van der Waals surface area contributed by atoms with E-state index < -0.39 is 81.4 Å². The molecule has 3 fully saturated rings. The van der Waals surface area contributed by atoms with E-state index in [4.69, 9.17) is 56.9 Å². The van der Waals surface area contributed by atoms with Crippen LogP contribution < -0.4 is 11.3 Å². The average molecular weight is 708 g/mol. The number of nitrogens with zero attached hydrogens (tertiary/aromatic N) is 7. The third-order valence-electron chi connectivity index (χ3n) is 7.38. The summed E-state index contributed by atoms with van der Waals surface area (Å²) in [5.41, 5.74) is 5.79. The molecule has 7 heterocycles. The second-order valence-corrected chi connectivity index (χ2v) is 15.9. The summed E-state index contributed by atoms with van der Waals surface area (Å²) in [5.74, 6) is 0.346. The SMILES string of the molecule is Cc1nc2c(ncn2[C@@H]2O[C@@H]3COP(O)(=S)O[C@H]4[C@@H](O)[C@H](n5cnc6c(N)ncnc65)O[C@@H]4COP(O)(=S)O[C@H]3[C@H]2F)c(=O)[nH]1. The summed E-state index contributed by atoms with van der Waals surface area (Å²) < 4.78 is 52.8. The van der Waals surface area contributed by atoms with Gasteiger partial charge in [-0.1, -0.05) is 0 Å². The molecule has 45 heavy (non-hydrogen) atoms. The number of aromatic amines is 1. The fourth-order valence-corrected chi connectivity index (χ4v) is 8.26. The van der Waals surface area contributed by atoms with E-state index in [1.165, 1.54) is 35.0 Å². The molecule has 0 radical (unpaired) electrons. The van der Waals surface area contributed by atoms with Gasteiger partial charge in [0.15, 0.2) is 41.3 Å². The van der Waals surface area contributed by atoms with Gasteiger partial charge in [0.1, 0.15) is 48.2 Å². The van der Waals surface area contributed by atoms with Crippen molar-refractivity contribution in [3.63, 3.8) is 0 Å². The normalized spacial score (nSPS) is 37.7. The third-order valence-corrected chi connectivity index (χ3v) is 10.5. The van der Waals surface area contributed by atoms with Gasteiger partial charge in [-0.2, -0.15) is 0 Å². The van der Waals surface area contributed by atoms with Crippen LogP contribution in [0, 0.1) is 6.92 Å². The Hall–Kier alpha value is -2.43. The highest BCUT2D eigenvalue weighted by atomic mass is 32.5. The smallest absolute Gasteiger partial charge is 0.325 e. The molecule has 0 aliphatic carbocycles. The highest BCUT2D eigenvalue weighted by molar-refractivity contribution is 8.07. The second-order valence-electron chi connectivity index (χ2n) is 10.3. The molecule has 24 heteroatoms. The zero-order valence-corrected chi connectivity index (χ0v) is 26.2. The Kier molecular flexibility index (Phi) is 7.88. The van der Waals surface area contributed by atoms with Crippen LogP contribution in [-0.4, -0.2) is 104 Å². The molecule has 0 bridgehead atoms. The minimum atomic E-state index is -4.23. The first-order valence-corrected chi connectivity index (χ1v) is 18.3. The number of halogens is 1. The van der Waals surface area contributed by atoms with E-state index >= 15 is 4.39 Å². The number of aromatic nitrogens is 8. The topological polar surface area (TPSA) is 249 Å². The molecule has 6 N–H and O–H groups in total. The lowest BCUT2D eigenvalue weighted by atomic mass is 10.1. The first-order valence-electron chi connectivity index (χ1n) is 13.1. The number of nitrogen functional groups attached to an aromatic ring is 1. The molecular weight excluding hydrogens is 683 g/mol. The number of rotatable bonds is 2. The van der Waals surface area contributed by atoms with Crippen LogP contribution in [0.4, 0.5) is 10.2 Å². The molecule has 3 aliphatic heterocycles. The number of anilines is 1. The number of aryl methyl sites for hydroxylation is 1. The van der Waals surface area contributed by atoms with Crippen LogP contribution in [0.5, 0.6) is 0 Å². The number of H-pyrrole nitrogens is 1. The van der Waals surface area contributed by atoms with Gasteiger partial charge >= 0.3 is 13.4 Å². The molecule has 4 aromatic heterocycles. The van der Waals surface area contributed by atoms with Crippen molar-refractivity contribution in [2.24, 2.45) is 0 Å². The van der Waals surface area contributed by atoms with Gasteiger partial charge in [-0.3, -0.25) is 23.0 Å². The van der Waals surface area contributed by atoms with E-state index in [2.05, 4.69) is 29.9 Å². The average Bonchev–Trinajstić information content (AvgIpc) is 3.72. The molecule has 7 rings (SSSR count). The number of alkyl halides is 1. The molecule has 242 valence electrons. The maximum Gasteiger partial charge on any atom is 0.325 e. The monoisotopic (exact) mass is 707 g/mol. The molecule has 3 aliphatic rings. The van der Waals surface area contributed by atoms with Gasteiger partial charge in [0.2, 0.25) is 0 Å². The van der Waals surface area contributed by atoms with Crippen LogP contribution in [0.25, 0.3) is 22.3 Å².